The first kappa shape index (κ1) is 18.5. The van der Waals surface area contributed by atoms with E-state index in [1.54, 1.807) is 0 Å². The second-order valence-corrected chi connectivity index (χ2v) is 7.94. The lowest BCUT2D eigenvalue weighted by atomic mass is 9.80. The Hall–Kier alpha value is -1.51. The maximum atomic E-state index is 11.4. The SMILES string of the molecule is CCCC(Oc1ccc(C(C)(C)C)cc1C(C)(C)C)C(=O)O. The van der Waals surface area contributed by atoms with Crippen molar-refractivity contribution in [3.8, 4) is 5.75 Å². The normalized spacial score (nSPS) is 13.8. The molecule has 0 aliphatic carbocycles. The number of hydrogen-bond donors (Lipinski definition) is 1. The van der Waals surface area contributed by atoms with Crippen LogP contribution >= 0.6 is 0 Å². The van der Waals surface area contributed by atoms with Gasteiger partial charge in [-0.1, -0.05) is 67.0 Å². The summed E-state index contributed by atoms with van der Waals surface area (Å²) in [5, 5.41) is 9.32. The zero-order valence-electron chi connectivity index (χ0n) is 15.0. The minimum absolute atomic E-state index is 0.0497. The number of hydrogen-bond acceptors (Lipinski definition) is 2. The average Bonchev–Trinajstić information content (AvgIpc) is 2.35. The van der Waals surface area contributed by atoms with Crippen molar-refractivity contribution in [3.05, 3.63) is 29.3 Å². The van der Waals surface area contributed by atoms with Crippen molar-refractivity contribution in [1.82, 2.24) is 0 Å². The molecule has 0 radical (unpaired) electrons. The van der Waals surface area contributed by atoms with Gasteiger partial charge in [-0.25, -0.2) is 4.79 Å². The molecule has 0 amide bonds. The predicted octanol–water partition coefficient (Wildman–Crippen LogP) is 4.91. The van der Waals surface area contributed by atoms with Crippen LogP contribution in [0.1, 0.15) is 72.4 Å². The van der Waals surface area contributed by atoms with E-state index in [-0.39, 0.29) is 10.8 Å². The highest BCUT2D eigenvalue weighted by atomic mass is 16.5. The zero-order valence-corrected chi connectivity index (χ0v) is 15.0. The van der Waals surface area contributed by atoms with Gasteiger partial charge in [-0.05, 0) is 34.4 Å². The van der Waals surface area contributed by atoms with Crippen molar-refractivity contribution in [2.45, 2.75) is 78.2 Å². The summed E-state index contributed by atoms with van der Waals surface area (Å²) in [4.78, 5) is 11.4. The molecule has 22 heavy (non-hydrogen) atoms. The number of ether oxygens (including phenoxy) is 1. The molecule has 1 aromatic carbocycles. The summed E-state index contributed by atoms with van der Waals surface area (Å²) in [5.41, 5.74) is 2.23. The Kier molecular flexibility index (Phi) is 5.66. The van der Waals surface area contributed by atoms with Gasteiger partial charge in [0.1, 0.15) is 5.75 Å². The van der Waals surface area contributed by atoms with Crippen LogP contribution in [-0.4, -0.2) is 17.2 Å². The second kappa shape index (κ2) is 6.72. The smallest absolute Gasteiger partial charge is 0.344 e. The molecule has 3 nitrogen and oxygen atoms in total. The summed E-state index contributed by atoms with van der Waals surface area (Å²) in [5.74, 6) is -0.219. The maximum Gasteiger partial charge on any atom is 0.344 e. The first-order chi connectivity index (χ1) is 9.96. The van der Waals surface area contributed by atoms with Gasteiger partial charge >= 0.3 is 5.97 Å². The van der Waals surface area contributed by atoms with Gasteiger partial charge < -0.3 is 9.84 Å². The van der Waals surface area contributed by atoms with E-state index in [9.17, 15) is 9.90 Å². The summed E-state index contributed by atoms with van der Waals surface area (Å²) in [7, 11) is 0. The highest BCUT2D eigenvalue weighted by molar-refractivity contribution is 5.72. The topological polar surface area (TPSA) is 46.5 Å². The van der Waals surface area contributed by atoms with Crippen molar-refractivity contribution in [2.75, 3.05) is 0 Å². The fraction of sp³-hybridized carbons (Fsp3) is 0.632. The van der Waals surface area contributed by atoms with E-state index < -0.39 is 12.1 Å². The highest BCUT2D eigenvalue weighted by Crippen LogP contribution is 2.36. The molecule has 0 saturated carbocycles. The minimum Gasteiger partial charge on any atom is -0.479 e. The van der Waals surface area contributed by atoms with Crippen LogP contribution in [0.4, 0.5) is 0 Å². The van der Waals surface area contributed by atoms with Gasteiger partial charge in [0.25, 0.3) is 0 Å². The summed E-state index contributed by atoms with van der Waals surface area (Å²) in [6, 6.07) is 6.11. The van der Waals surface area contributed by atoms with Crippen LogP contribution in [0.25, 0.3) is 0 Å². The van der Waals surface area contributed by atoms with E-state index in [0.29, 0.717) is 12.2 Å². The molecule has 1 N–H and O–H groups in total. The van der Waals surface area contributed by atoms with Crippen LogP contribution in [0.2, 0.25) is 0 Å². The van der Waals surface area contributed by atoms with E-state index in [1.807, 2.05) is 19.1 Å². The standard InChI is InChI=1S/C19H30O3/c1-8-9-16(17(20)21)22-15-11-10-13(18(2,3)4)12-14(15)19(5,6)7/h10-12,16H,8-9H2,1-7H3,(H,20,21). The highest BCUT2D eigenvalue weighted by Gasteiger charge is 2.26. The number of carboxylic acids is 1. The van der Waals surface area contributed by atoms with Crippen LogP contribution in [0, 0.1) is 0 Å². The Labute approximate surface area is 134 Å². The second-order valence-electron chi connectivity index (χ2n) is 7.94. The first-order valence-electron chi connectivity index (χ1n) is 8.01. The molecule has 3 heteroatoms. The lowest BCUT2D eigenvalue weighted by molar-refractivity contribution is -0.145. The zero-order chi connectivity index (χ0) is 17.1. The van der Waals surface area contributed by atoms with Crippen molar-refractivity contribution < 1.29 is 14.6 Å². The van der Waals surface area contributed by atoms with E-state index in [1.165, 1.54) is 5.56 Å². The molecule has 0 aliphatic rings. The van der Waals surface area contributed by atoms with Gasteiger partial charge in [-0.3, -0.25) is 0 Å². The minimum atomic E-state index is -0.901. The molecule has 1 aromatic rings. The molecule has 0 fully saturated rings. The van der Waals surface area contributed by atoms with Crippen molar-refractivity contribution >= 4 is 5.97 Å². The molecule has 124 valence electrons. The molecule has 0 heterocycles. The molecule has 1 rings (SSSR count). The van der Waals surface area contributed by atoms with Gasteiger partial charge in [0, 0.05) is 0 Å². The molecule has 1 unspecified atom stereocenters. The Balaban J connectivity index is 3.27. The van der Waals surface area contributed by atoms with Crippen LogP contribution < -0.4 is 4.74 Å². The van der Waals surface area contributed by atoms with E-state index in [2.05, 4.69) is 47.6 Å². The monoisotopic (exact) mass is 306 g/mol. The van der Waals surface area contributed by atoms with Gasteiger partial charge in [0.15, 0.2) is 6.10 Å². The van der Waals surface area contributed by atoms with Gasteiger partial charge in [0.05, 0.1) is 0 Å². The molecule has 0 spiro atoms. The Morgan fingerprint density at radius 2 is 1.73 bits per heavy atom. The van der Waals surface area contributed by atoms with E-state index in [4.69, 9.17) is 4.74 Å². The van der Waals surface area contributed by atoms with Crippen molar-refractivity contribution in [1.29, 1.82) is 0 Å². The summed E-state index contributed by atoms with van der Waals surface area (Å²) in [6.45, 7) is 14.9. The number of aliphatic carboxylic acids is 1. The van der Waals surface area contributed by atoms with Crippen molar-refractivity contribution in [2.24, 2.45) is 0 Å². The van der Waals surface area contributed by atoms with Gasteiger partial charge in [-0.2, -0.15) is 0 Å². The van der Waals surface area contributed by atoms with Gasteiger partial charge in [-0.15, -0.1) is 0 Å². The summed E-state index contributed by atoms with van der Waals surface area (Å²) >= 11 is 0. The summed E-state index contributed by atoms with van der Waals surface area (Å²) in [6.07, 6.45) is 0.508. The molecular formula is C19H30O3. The van der Waals surface area contributed by atoms with Crippen LogP contribution in [0.3, 0.4) is 0 Å². The van der Waals surface area contributed by atoms with Crippen LogP contribution in [0.15, 0.2) is 18.2 Å². The predicted molar refractivity (Wildman–Crippen MR) is 90.8 cm³/mol. The largest absolute Gasteiger partial charge is 0.479 e. The number of benzene rings is 1. The average molecular weight is 306 g/mol. The third-order valence-electron chi connectivity index (χ3n) is 3.75. The number of carbonyl (C=O) groups is 1. The number of carboxylic acid groups (broad SMARTS) is 1. The van der Waals surface area contributed by atoms with Gasteiger partial charge in [0.2, 0.25) is 0 Å². The summed E-state index contributed by atoms with van der Waals surface area (Å²) < 4.78 is 5.84. The fourth-order valence-electron chi connectivity index (χ4n) is 2.33. The first-order valence-corrected chi connectivity index (χ1v) is 8.01. The van der Waals surface area contributed by atoms with Crippen LogP contribution in [-0.2, 0) is 15.6 Å². The molecule has 0 bridgehead atoms. The maximum absolute atomic E-state index is 11.4. The Bertz CT molecular complexity index is 518. The molecular weight excluding hydrogens is 276 g/mol. The van der Waals surface area contributed by atoms with E-state index in [0.717, 1.165) is 12.0 Å². The third-order valence-corrected chi connectivity index (χ3v) is 3.75. The van der Waals surface area contributed by atoms with Crippen LogP contribution in [0.5, 0.6) is 5.75 Å². The molecule has 0 aliphatic heterocycles. The fourth-order valence-corrected chi connectivity index (χ4v) is 2.33. The van der Waals surface area contributed by atoms with E-state index >= 15 is 0 Å². The van der Waals surface area contributed by atoms with Crippen molar-refractivity contribution in [3.63, 3.8) is 0 Å². The third kappa shape index (κ3) is 4.75. The Morgan fingerprint density at radius 3 is 2.14 bits per heavy atom. The lowest BCUT2D eigenvalue weighted by Gasteiger charge is -2.28. The lowest BCUT2D eigenvalue weighted by Crippen LogP contribution is -2.28. The quantitative estimate of drug-likeness (QED) is 0.840. The molecule has 1 atom stereocenters. The molecule has 0 aromatic heterocycles. The number of rotatable bonds is 5. The Morgan fingerprint density at radius 1 is 1.14 bits per heavy atom. The molecule has 0 saturated heterocycles.